The van der Waals surface area contributed by atoms with Gasteiger partial charge in [0.25, 0.3) is 5.91 Å². The molecule has 1 aromatic carbocycles. The maximum Gasteiger partial charge on any atom is 0.387 e. The number of amides is 1. The Morgan fingerprint density at radius 1 is 1.45 bits per heavy atom. The molecule has 22 heavy (non-hydrogen) atoms. The van der Waals surface area contributed by atoms with Gasteiger partial charge in [0.05, 0.1) is 11.8 Å². The number of aryl methyl sites for hydroxylation is 1. The second-order valence-corrected chi connectivity index (χ2v) is 4.36. The number of halogens is 3. The van der Waals surface area contributed by atoms with E-state index in [1.165, 1.54) is 24.5 Å². The summed E-state index contributed by atoms with van der Waals surface area (Å²) >= 11 is 0. The molecular formula is C14H14F3N3O2. The van der Waals surface area contributed by atoms with Crippen LogP contribution in [0.4, 0.5) is 13.2 Å². The maximum atomic E-state index is 13.7. The van der Waals surface area contributed by atoms with E-state index in [2.05, 4.69) is 15.2 Å². The summed E-state index contributed by atoms with van der Waals surface area (Å²) in [5, 5.41) is 6.39. The first kappa shape index (κ1) is 15.9. The summed E-state index contributed by atoms with van der Waals surface area (Å²) in [6, 6.07) is 3.57. The number of hydrogen-bond acceptors (Lipinski definition) is 3. The molecule has 0 unspecified atom stereocenters. The first-order valence-corrected chi connectivity index (χ1v) is 6.54. The summed E-state index contributed by atoms with van der Waals surface area (Å²) in [7, 11) is 0. The van der Waals surface area contributed by atoms with Crippen LogP contribution < -0.4 is 10.1 Å². The van der Waals surface area contributed by atoms with Crippen molar-refractivity contribution in [2.24, 2.45) is 0 Å². The highest BCUT2D eigenvalue weighted by atomic mass is 19.3. The van der Waals surface area contributed by atoms with E-state index in [4.69, 9.17) is 0 Å². The monoisotopic (exact) mass is 313 g/mol. The summed E-state index contributed by atoms with van der Waals surface area (Å²) < 4.78 is 44.1. The van der Waals surface area contributed by atoms with Gasteiger partial charge in [0.15, 0.2) is 0 Å². The van der Waals surface area contributed by atoms with Gasteiger partial charge in [-0.1, -0.05) is 6.07 Å². The van der Waals surface area contributed by atoms with Crippen molar-refractivity contribution in [3.63, 3.8) is 0 Å². The number of ether oxygens (including phenoxy) is 1. The largest absolute Gasteiger partial charge is 0.434 e. The third-order valence-electron chi connectivity index (χ3n) is 2.94. The minimum Gasteiger partial charge on any atom is -0.434 e. The zero-order chi connectivity index (χ0) is 16.1. The van der Waals surface area contributed by atoms with Crippen LogP contribution in [-0.4, -0.2) is 22.3 Å². The minimum absolute atomic E-state index is 0.140. The lowest BCUT2D eigenvalue weighted by molar-refractivity contribution is -0.0506. The predicted octanol–water partition coefficient (Wildman–Crippen LogP) is 2.57. The number of nitrogens with zero attached hydrogens (tertiary/aromatic N) is 2. The molecule has 2 aromatic rings. The van der Waals surface area contributed by atoms with Crippen LogP contribution in [0.3, 0.4) is 0 Å². The molecule has 0 fully saturated rings. The Morgan fingerprint density at radius 2 is 2.23 bits per heavy atom. The normalized spacial score (nSPS) is 10.8. The number of benzene rings is 1. The Balaban J connectivity index is 2.09. The number of aromatic nitrogens is 2. The highest BCUT2D eigenvalue weighted by molar-refractivity contribution is 5.93. The number of carbonyl (C=O) groups excluding carboxylic acids is 1. The van der Waals surface area contributed by atoms with Crippen molar-refractivity contribution in [2.45, 2.75) is 26.6 Å². The van der Waals surface area contributed by atoms with Gasteiger partial charge in [-0.15, -0.1) is 0 Å². The van der Waals surface area contributed by atoms with Crippen LogP contribution in [0.1, 0.15) is 22.8 Å². The molecular weight excluding hydrogens is 299 g/mol. The first-order chi connectivity index (χ1) is 10.5. The molecule has 0 radical (unpaired) electrons. The van der Waals surface area contributed by atoms with Crippen molar-refractivity contribution in [3.05, 3.63) is 47.5 Å². The zero-order valence-corrected chi connectivity index (χ0v) is 11.7. The van der Waals surface area contributed by atoms with Crippen LogP contribution >= 0.6 is 0 Å². The van der Waals surface area contributed by atoms with Crippen LogP contribution in [-0.2, 0) is 13.1 Å². The van der Waals surface area contributed by atoms with E-state index >= 15 is 0 Å². The molecule has 0 aliphatic heterocycles. The van der Waals surface area contributed by atoms with Gasteiger partial charge in [0, 0.05) is 24.8 Å². The van der Waals surface area contributed by atoms with Crippen LogP contribution in [0.5, 0.6) is 5.75 Å². The maximum absolute atomic E-state index is 13.7. The van der Waals surface area contributed by atoms with E-state index in [-0.39, 0.29) is 17.9 Å². The molecule has 118 valence electrons. The number of alkyl halides is 2. The van der Waals surface area contributed by atoms with Gasteiger partial charge in [-0.3, -0.25) is 9.48 Å². The highest BCUT2D eigenvalue weighted by Gasteiger charge is 2.15. The minimum atomic E-state index is -3.07. The smallest absolute Gasteiger partial charge is 0.387 e. The lowest BCUT2D eigenvalue weighted by atomic mass is 10.2. The van der Waals surface area contributed by atoms with Crippen LogP contribution in [0.15, 0.2) is 30.6 Å². The van der Waals surface area contributed by atoms with E-state index in [0.29, 0.717) is 12.1 Å². The molecule has 1 heterocycles. The average molecular weight is 313 g/mol. The second kappa shape index (κ2) is 6.97. The Labute approximate surface area is 124 Å². The van der Waals surface area contributed by atoms with Crippen molar-refractivity contribution in [1.82, 2.24) is 15.1 Å². The SMILES string of the molecule is CCn1cc(C(=O)NCc2c(F)cccc2OC(F)F)cn1. The predicted molar refractivity (Wildman–Crippen MR) is 72.1 cm³/mol. The van der Waals surface area contributed by atoms with Gasteiger partial charge >= 0.3 is 6.61 Å². The highest BCUT2D eigenvalue weighted by Crippen LogP contribution is 2.23. The Morgan fingerprint density at radius 3 is 2.86 bits per heavy atom. The second-order valence-electron chi connectivity index (χ2n) is 4.36. The van der Waals surface area contributed by atoms with Crippen LogP contribution in [0.2, 0.25) is 0 Å². The Kier molecular flexibility index (Phi) is 5.03. The molecule has 0 saturated carbocycles. The van der Waals surface area contributed by atoms with Gasteiger partial charge in [-0.25, -0.2) is 4.39 Å². The molecule has 1 aromatic heterocycles. The topological polar surface area (TPSA) is 56.2 Å². The van der Waals surface area contributed by atoms with Gasteiger partial charge < -0.3 is 10.1 Å². The molecule has 0 bridgehead atoms. The Bertz CT molecular complexity index is 659. The molecule has 5 nitrogen and oxygen atoms in total. The quantitative estimate of drug-likeness (QED) is 0.892. The molecule has 2 rings (SSSR count). The fourth-order valence-electron chi connectivity index (χ4n) is 1.84. The Hall–Kier alpha value is -2.51. The van der Waals surface area contributed by atoms with Crippen molar-refractivity contribution in [1.29, 1.82) is 0 Å². The summed E-state index contributed by atoms with van der Waals surface area (Å²) in [4.78, 5) is 11.9. The fraction of sp³-hybridized carbons (Fsp3) is 0.286. The van der Waals surface area contributed by atoms with E-state index in [1.807, 2.05) is 6.92 Å². The van der Waals surface area contributed by atoms with E-state index in [1.54, 1.807) is 4.68 Å². The number of nitrogens with one attached hydrogen (secondary N) is 1. The van der Waals surface area contributed by atoms with E-state index in [0.717, 1.165) is 6.07 Å². The first-order valence-electron chi connectivity index (χ1n) is 6.54. The van der Waals surface area contributed by atoms with E-state index in [9.17, 15) is 18.0 Å². The van der Waals surface area contributed by atoms with Crippen molar-refractivity contribution in [2.75, 3.05) is 0 Å². The molecule has 0 aliphatic rings. The third kappa shape index (κ3) is 3.78. The van der Waals surface area contributed by atoms with Crippen molar-refractivity contribution < 1.29 is 22.7 Å². The molecule has 0 aliphatic carbocycles. The average Bonchev–Trinajstić information content (AvgIpc) is 2.95. The standard InChI is InChI=1S/C14H14F3N3O2/c1-2-20-8-9(6-19-20)13(21)18-7-10-11(15)4-3-5-12(10)22-14(16)17/h3-6,8,14H,2,7H2,1H3,(H,18,21). The lowest BCUT2D eigenvalue weighted by Gasteiger charge is -2.12. The molecule has 0 atom stereocenters. The van der Waals surface area contributed by atoms with Gasteiger partial charge in [-0.05, 0) is 19.1 Å². The third-order valence-corrected chi connectivity index (χ3v) is 2.94. The summed E-state index contributed by atoms with van der Waals surface area (Å²) in [6.45, 7) is -0.876. The molecule has 1 N–H and O–H groups in total. The molecule has 0 saturated heterocycles. The van der Waals surface area contributed by atoms with Crippen molar-refractivity contribution in [3.8, 4) is 5.75 Å². The molecule has 0 spiro atoms. The lowest BCUT2D eigenvalue weighted by Crippen LogP contribution is -2.23. The zero-order valence-electron chi connectivity index (χ0n) is 11.7. The molecule has 8 heteroatoms. The summed E-state index contributed by atoms with van der Waals surface area (Å²) in [5.74, 6) is -1.52. The number of rotatable bonds is 6. The van der Waals surface area contributed by atoms with Gasteiger partial charge in [0.1, 0.15) is 11.6 Å². The summed E-state index contributed by atoms with van der Waals surface area (Å²) in [5.41, 5.74) is 0.161. The van der Waals surface area contributed by atoms with Gasteiger partial charge in [0.2, 0.25) is 0 Å². The van der Waals surface area contributed by atoms with Crippen molar-refractivity contribution >= 4 is 5.91 Å². The van der Waals surface area contributed by atoms with Crippen LogP contribution in [0, 0.1) is 5.82 Å². The summed E-state index contributed by atoms with van der Waals surface area (Å²) in [6.07, 6.45) is 2.91. The van der Waals surface area contributed by atoms with E-state index < -0.39 is 18.3 Å². The van der Waals surface area contributed by atoms with Crippen LogP contribution in [0.25, 0.3) is 0 Å². The van der Waals surface area contributed by atoms with Gasteiger partial charge in [-0.2, -0.15) is 13.9 Å². The number of carbonyl (C=O) groups is 1. The fourth-order valence-corrected chi connectivity index (χ4v) is 1.84. The number of hydrogen-bond donors (Lipinski definition) is 1. The molecule has 1 amide bonds.